The van der Waals surface area contributed by atoms with Crippen LogP contribution < -0.4 is 5.32 Å². The van der Waals surface area contributed by atoms with Crippen LogP contribution in [0.25, 0.3) is 0 Å². The van der Waals surface area contributed by atoms with E-state index in [-0.39, 0.29) is 0 Å². The van der Waals surface area contributed by atoms with Crippen molar-refractivity contribution in [2.45, 2.75) is 31.8 Å². The molecule has 4 heteroatoms. The highest BCUT2D eigenvalue weighted by Crippen LogP contribution is 2.15. The molecule has 17 heavy (non-hydrogen) atoms. The predicted octanol–water partition coefficient (Wildman–Crippen LogP) is 0.637. The summed E-state index contributed by atoms with van der Waals surface area (Å²) in [5.74, 6) is 0. The van der Waals surface area contributed by atoms with Gasteiger partial charge in [-0.05, 0) is 40.4 Å². The Morgan fingerprint density at radius 2 is 2.29 bits per heavy atom. The monoisotopic (exact) mass is 243 g/mol. The van der Waals surface area contributed by atoms with E-state index in [0.717, 1.165) is 19.7 Å². The number of likely N-dealkylation sites (tertiary alicyclic amines) is 1. The first kappa shape index (κ1) is 14.9. The van der Waals surface area contributed by atoms with E-state index in [9.17, 15) is 0 Å². The summed E-state index contributed by atoms with van der Waals surface area (Å²) < 4.78 is 5.03. The van der Waals surface area contributed by atoms with Gasteiger partial charge in [0.15, 0.2) is 0 Å². The average Bonchev–Trinajstić information content (AvgIpc) is 2.33. The molecule has 1 rings (SSSR count). The molecule has 0 aromatic carbocycles. The lowest BCUT2D eigenvalue weighted by molar-refractivity contribution is 0.103. The van der Waals surface area contributed by atoms with E-state index >= 15 is 0 Å². The standard InChI is InChI=1S/C13H29N3O/c1-12(10-14-7-9-17-4)16(3)13-6-5-8-15(2)11-13/h12-14H,5-11H2,1-4H3. The van der Waals surface area contributed by atoms with Gasteiger partial charge in [-0.25, -0.2) is 0 Å². The van der Waals surface area contributed by atoms with Gasteiger partial charge < -0.3 is 15.0 Å². The van der Waals surface area contributed by atoms with E-state index in [0.29, 0.717) is 12.1 Å². The zero-order valence-corrected chi connectivity index (χ0v) is 11.9. The van der Waals surface area contributed by atoms with Gasteiger partial charge in [0.05, 0.1) is 6.61 Å². The second-order valence-electron chi connectivity index (χ2n) is 5.27. The molecule has 1 heterocycles. The van der Waals surface area contributed by atoms with Gasteiger partial charge in [0, 0.05) is 38.8 Å². The Bertz CT molecular complexity index is 201. The van der Waals surface area contributed by atoms with Crippen molar-refractivity contribution < 1.29 is 4.74 Å². The van der Waals surface area contributed by atoms with Crippen LogP contribution in [0.2, 0.25) is 0 Å². The lowest BCUT2D eigenvalue weighted by atomic mass is 10.0. The largest absolute Gasteiger partial charge is 0.383 e. The van der Waals surface area contributed by atoms with Crippen molar-refractivity contribution in [2.75, 3.05) is 54.0 Å². The Morgan fingerprint density at radius 3 is 2.94 bits per heavy atom. The van der Waals surface area contributed by atoms with Crippen LogP contribution in [0.1, 0.15) is 19.8 Å². The van der Waals surface area contributed by atoms with Gasteiger partial charge in [-0.2, -0.15) is 0 Å². The zero-order valence-electron chi connectivity index (χ0n) is 11.9. The molecule has 102 valence electrons. The van der Waals surface area contributed by atoms with E-state index in [1.165, 1.54) is 25.9 Å². The molecule has 0 aromatic rings. The van der Waals surface area contributed by atoms with Gasteiger partial charge in [-0.3, -0.25) is 4.90 Å². The van der Waals surface area contributed by atoms with Gasteiger partial charge in [0.25, 0.3) is 0 Å². The molecule has 0 saturated carbocycles. The molecule has 0 spiro atoms. The lowest BCUT2D eigenvalue weighted by Crippen LogP contribution is -2.50. The van der Waals surface area contributed by atoms with Crippen molar-refractivity contribution in [1.29, 1.82) is 0 Å². The number of rotatable bonds is 7. The fourth-order valence-electron chi connectivity index (χ4n) is 2.46. The second kappa shape index (κ2) is 8.03. The van der Waals surface area contributed by atoms with Gasteiger partial charge >= 0.3 is 0 Å². The fraction of sp³-hybridized carbons (Fsp3) is 1.00. The Labute approximate surface area is 106 Å². The van der Waals surface area contributed by atoms with Crippen molar-refractivity contribution >= 4 is 0 Å². The SMILES string of the molecule is COCCNCC(C)N(C)C1CCCN(C)C1. The van der Waals surface area contributed by atoms with Gasteiger partial charge in [0.2, 0.25) is 0 Å². The molecule has 0 amide bonds. The molecule has 0 aromatic heterocycles. The normalized spacial score (nSPS) is 24.2. The molecule has 1 aliphatic rings. The summed E-state index contributed by atoms with van der Waals surface area (Å²) in [5.41, 5.74) is 0. The second-order valence-corrected chi connectivity index (χ2v) is 5.27. The van der Waals surface area contributed by atoms with Crippen LogP contribution in [0, 0.1) is 0 Å². The van der Waals surface area contributed by atoms with Crippen LogP contribution >= 0.6 is 0 Å². The van der Waals surface area contributed by atoms with E-state index < -0.39 is 0 Å². The zero-order chi connectivity index (χ0) is 12.7. The Kier molecular flexibility index (Phi) is 7.04. The smallest absolute Gasteiger partial charge is 0.0587 e. The summed E-state index contributed by atoms with van der Waals surface area (Å²) >= 11 is 0. The molecule has 2 unspecified atom stereocenters. The van der Waals surface area contributed by atoms with Crippen molar-refractivity contribution in [1.82, 2.24) is 15.1 Å². The molecular weight excluding hydrogens is 214 g/mol. The number of piperidine rings is 1. The third-order valence-electron chi connectivity index (χ3n) is 3.79. The van der Waals surface area contributed by atoms with Crippen LogP contribution in [0.5, 0.6) is 0 Å². The minimum absolute atomic E-state index is 0.586. The molecule has 4 nitrogen and oxygen atoms in total. The molecule has 1 fully saturated rings. The van der Waals surface area contributed by atoms with E-state index in [1.54, 1.807) is 7.11 Å². The molecule has 1 saturated heterocycles. The van der Waals surface area contributed by atoms with Crippen molar-refractivity contribution in [3.63, 3.8) is 0 Å². The first-order valence-electron chi connectivity index (χ1n) is 6.75. The highest BCUT2D eigenvalue weighted by molar-refractivity contribution is 4.81. The maximum atomic E-state index is 5.03. The van der Waals surface area contributed by atoms with Crippen LogP contribution in [-0.2, 0) is 4.74 Å². The number of methoxy groups -OCH3 is 1. The molecule has 1 N–H and O–H groups in total. The highest BCUT2D eigenvalue weighted by Gasteiger charge is 2.23. The Morgan fingerprint density at radius 1 is 1.53 bits per heavy atom. The predicted molar refractivity (Wildman–Crippen MR) is 72.5 cm³/mol. The van der Waals surface area contributed by atoms with Gasteiger partial charge in [0.1, 0.15) is 0 Å². The average molecular weight is 243 g/mol. The first-order valence-corrected chi connectivity index (χ1v) is 6.75. The fourth-order valence-corrected chi connectivity index (χ4v) is 2.46. The van der Waals surface area contributed by atoms with Crippen LogP contribution in [0.3, 0.4) is 0 Å². The summed E-state index contributed by atoms with van der Waals surface area (Å²) in [6.45, 7) is 7.54. The van der Waals surface area contributed by atoms with Crippen molar-refractivity contribution in [3.05, 3.63) is 0 Å². The molecule has 0 radical (unpaired) electrons. The molecule has 2 atom stereocenters. The third kappa shape index (κ3) is 5.34. The Balaban J connectivity index is 2.22. The van der Waals surface area contributed by atoms with Crippen molar-refractivity contribution in [3.8, 4) is 0 Å². The molecule has 1 aliphatic heterocycles. The first-order chi connectivity index (χ1) is 8.15. The topological polar surface area (TPSA) is 27.7 Å². The maximum absolute atomic E-state index is 5.03. The maximum Gasteiger partial charge on any atom is 0.0587 e. The number of nitrogens with one attached hydrogen (secondary N) is 1. The minimum Gasteiger partial charge on any atom is -0.383 e. The Hall–Kier alpha value is -0.160. The highest BCUT2D eigenvalue weighted by atomic mass is 16.5. The number of hydrogen-bond acceptors (Lipinski definition) is 4. The number of hydrogen-bond donors (Lipinski definition) is 1. The lowest BCUT2D eigenvalue weighted by Gasteiger charge is -2.39. The van der Waals surface area contributed by atoms with Gasteiger partial charge in [-0.15, -0.1) is 0 Å². The van der Waals surface area contributed by atoms with Crippen molar-refractivity contribution in [2.24, 2.45) is 0 Å². The quantitative estimate of drug-likeness (QED) is 0.664. The van der Waals surface area contributed by atoms with E-state index in [2.05, 4.69) is 36.1 Å². The number of nitrogens with zero attached hydrogens (tertiary/aromatic N) is 2. The third-order valence-corrected chi connectivity index (χ3v) is 3.79. The number of likely N-dealkylation sites (N-methyl/N-ethyl adjacent to an activating group) is 2. The molecular formula is C13H29N3O. The molecule has 0 bridgehead atoms. The van der Waals surface area contributed by atoms with E-state index in [1.807, 2.05) is 0 Å². The summed E-state index contributed by atoms with van der Waals surface area (Å²) in [6, 6.07) is 1.30. The summed E-state index contributed by atoms with van der Waals surface area (Å²) in [6.07, 6.45) is 2.67. The van der Waals surface area contributed by atoms with Gasteiger partial charge in [-0.1, -0.05) is 0 Å². The van der Waals surface area contributed by atoms with E-state index in [4.69, 9.17) is 4.74 Å². The minimum atomic E-state index is 0.586. The van der Waals surface area contributed by atoms with Crippen LogP contribution in [0.4, 0.5) is 0 Å². The molecule has 0 aliphatic carbocycles. The van der Waals surface area contributed by atoms with Crippen LogP contribution in [0.15, 0.2) is 0 Å². The summed E-state index contributed by atoms with van der Waals surface area (Å²) in [5, 5.41) is 3.44. The summed E-state index contributed by atoms with van der Waals surface area (Å²) in [4.78, 5) is 4.96. The number of ether oxygens (including phenoxy) is 1. The van der Waals surface area contributed by atoms with Crippen LogP contribution in [-0.4, -0.2) is 75.9 Å². The summed E-state index contributed by atoms with van der Waals surface area (Å²) in [7, 11) is 6.23.